The fourth-order valence-corrected chi connectivity index (χ4v) is 7.69. The van der Waals surface area contributed by atoms with Gasteiger partial charge in [0, 0.05) is 16.3 Å². The van der Waals surface area contributed by atoms with Crippen LogP contribution in [0.3, 0.4) is 0 Å². The second-order valence-corrected chi connectivity index (χ2v) is 11.8. The topological polar surface area (TPSA) is 90.3 Å². The van der Waals surface area contributed by atoms with E-state index in [2.05, 4.69) is 11.9 Å². The van der Waals surface area contributed by atoms with Crippen molar-refractivity contribution in [3.05, 3.63) is 75.4 Å². The molecule has 3 heterocycles. The summed E-state index contributed by atoms with van der Waals surface area (Å²) < 4.78 is 6.83. The minimum atomic E-state index is -0.395. The van der Waals surface area contributed by atoms with Crippen LogP contribution in [-0.4, -0.2) is 33.8 Å². The van der Waals surface area contributed by atoms with E-state index >= 15 is 0 Å². The number of thiophene rings is 2. The van der Waals surface area contributed by atoms with Gasteiger partial charge in [-0.3, -0.25) is 14.2 Å². The van der Waals surface area contributed by atoms with E-state index in [0.29, 0.717) is 25.9 Å². The Morgan fingerprint density at radius 1 is 1.21 bits per heavy atom. The summed E-state index contributed by atoms with van der Waals surface area (Å²) in [6.45, 7) is 6.11. The number of aryl methyl sites for hydroxylation is 1. The Bertz CT molecular complexity index is 1570. The fraction of sp³-hybridized carbons (Fsp3) is 0.286. The second kappa shape index (κ2) is 11.7. The molecule has 1 amide bonds. The van der Waals surface area contributed by atoms with E-state index in [9.17, 15) is 14.4 Å². The summed E-state index contributed by atoms with van der Waals surface area (Å²) in [5.74, 6) is -0.625. The molecule has 0 radical (unpaired) electrons. The molecule has 0 spiro atoms. The summed E-state index contributed by atoms with van der Waals surface area (Å²) >= 11 is 4.11. The van der Waals surface area contributed by atoms with Crippen LogP contribution in [0.15, 0.2) is 59.0 Å². The number of nitrogens with zero attached hydrogens (tertiary/aromatic N) is 2. The van der Waals surface area contributed by atoms with Gasteiger partial charge in [-0.25, -0.2) is 9.78 Å². The SMILES string of the molecule is C=CCn1c(SCC(=O)Nc2sc3c(c2C(=O)OCC)CCCC3)nc2sc(-c3ccccc3)cc2c1=O. The Morgan fingerprint density at radius 2 is 2.00 bits per heavy atom. The molecular formula is C28H27N3O4S3. The lowest BCUT2D eigenvalue weighted by Gasteiger charge is -2.12. The molecule has 0 fully saturated rings. The Morgan fingerprint density at radius 3 is 2.76 bits per heavy atom. The Hall–Kier alpha value is -3.21. The van der Waals surface area contributed by atoms with Crippen LogP contribution in [0.4, 0.5) is 5.00 Å². The Balaban J connectivity index is 1.39. The molecular weight excluding hydrogens is 539 g/mol. The standard InChI is InChI=1S/C28H27N3O4S3/c1-3-14-31-26(33)19-15-21(17-10-6-5-7-11-17)38-24(19)30-28(31)36-16-22(32)29-25-23(27(34)35-4-2)18-12-8-9-13-20(18)37-25/h3,5-7,10-11,15H,1,4,8-9,12-14,16H2,2H3,(H,29,32). The van der Waals surface area contributed by atoms with Crippen LogP contribution in [-0.2, 0) is 28.9 Å². The molecule has 4 aromatic rings. The van der Waals surface area contributed by atoms with Crippen molar-refractivity contribution in [2.24, 2.45) is 0 Å². The van der Waals surface area contributed by atoms with E-state index in [-0.39, 0.29) is 30.4 Å². The number of esters is 1. The quantitative estimate of drug-likeness (QED) is 0.113. The number of carbonyl (C=O) groups excluding carboxylic acids is 2. The minimum absolute atomic E-state index is 0.0385. The number of hydrogen-bond acceptors (Lipinski definition) is 8. The number of benzene rings is 1. The highest BCUT2D eigenvalue weighted by molar-refractivity contribution is 7.99. The van der Waals surface area contributed by atoms with Gasteiger partial charge < -0.3 is 10.1 Å². The summed E-state index contributed by atoms with van der Waals surface area (Å²) in [5.41, 5.74) is 2.35. The molecule has 10 heteroatoms. The predicted molar refractivity (Wildman–Crippen MR) is 156 cm³/mol. The summed E-state index contributed by atoms with van der Waals surface area (Å²) in [5, 5.41) is 4.47. The summed E-state index contributed by atoms with van der Waals surface area (Å²) in [7, 11) is 0. The molecule has 5 rings (SSSR count). The molecule has 0 unspecified atom stereocenters. The molecule has 0 saturated carbocycles. The number of ether oxygens (including phenoxy) is 1. The summed E-state index contributed by atoms with van der Waals surface area (Å²) in [6.07, 6.45) is 5.45. The zero-order valence-corrected chi connectivity index (χ0v) is 23.4. The molecule has 1 N–H and O–H groups in total. The maximum absolute atomic E-state index is 13.3. The molecule has 1 aromatic carbocycles. The first-order valence-corrected chi connectivity index (χ1v) is 15.1. The van der Waals surface area contributed by atoms with Crippen LogP contribution < -0.4 is 10.9 Å². The van der Waals surface area contributed by atoms with Crippen molar-refractivity contribution in [2.45, 2.75) is 44.3 Å². The molecule has 0 saturated heterocycles. The van der Waals surface area contributed by atoms with Gasteiger partial charge >= 0.3 is 5.97 Å². The van der Waals surface area contributed by atoms with Gasteiger partial charge in [0.1, 0.15) is 9.83 Å². The van der Waals surface area contributed by atoms with E-state index in [1.165, 1.54) is 34.4 Å². The van der Waals surface area contributed by atoms with Gasteiger partial charge in [-0.15, -0.1) is 29.3 Å². The van der Waals surface area contributed by atoms with Crippen LogP contribution >= 0.6 is 34.4 Å². The lowest BCUT2D eigenvalue weighted by Crippen LogP contribution is -2.23. The molecule has 3 aromatic heterocycles. The first-order chi connectivity index (χ1) is 18.5. The van der Waals surface area contributed by atoms with Gasteiger partial charge in [-0.2, -0.15) is 0 Å². The molecule has 196 valence electrons. The highest BCUT2D eigenvalue weighted by Gasteiger charge is 2.27. The van der Waals surface area contributed by atoms with Crippen LogP contribution in [0.1, 0.15) is 40.6 Å². The lowest BCUT2D eigenvalue weighted by molar-refractivity contribution is -0.113. The Kier molecular flexibility index (Phi) is 8.11. The third kappa shape index (κ3) is 5.34. The van der Waals surface area contributed by atoms with Crippen LogP contribution in [0, 0.1) is 0 Å². The lowest BCUT2D eigenvalue weighted by atomic mass is 9.95. The molecule has 1 aliphatic rings. The predicted octanol–water partition coefficient (Wildman–Crippen LogP) is 6.16. The zero-order chi connectivity index (χ0) is 26.6. The van der Waals surface area contributed by atoms with Gasteiger partial charge in [-0.1, -0.05) is 48.2 Å². The number of anilines is 1. The van der Waals surface area contributed by atoms with Crippen molar-refractivity contribution in [2.75, 3.05) is 17.7 Å². The van der Waals surface area contributed by atoms with Gasteiger partial charge in [0.05, 0.1) is 23.3 Å². The molecule has 0 aliphatic heterocycles. The average Bonchev–Trinajstić information content (AvgIpc) is 3.51. The third-order valence-electron chi connectivity index (χ3n) is 6.22. The number of fused-ring (bicyclic) bond motifs is 2. The average molecular weight is 566 g/mol. The van der Waals surface area contributed by atoms with Gasteiger partial charge in [0.15, 0.2) is 5.16 Å². The maximum atomic E-state index is 13.3. The molecule has 38 heavy (non-hydrogen) atoms. The van der Waals surface area contributed by atoms with Crippen LogP contribution in [0.5, 0.6) is 0 Å². The van der Waals surface area contributed by atoms with E-state index in [1.807, 2.05) is 36.4 Å². The number of aromatic nitrogens is 2. The molecule has 0 bridgehead atoms. The number of amides is 1. The van der Waals surface area contributed by atoms with Crippen molar-refractivity contribution in [3.8, 4) is 10.4 Å². The molecule has 1 aliphatic carbocycles. The number of allylic oxidation sites excluding steroid dienone is 1. The van der Waals surface area contributed by atoms with Crippen molar-refractivity contribution < 1.29 is 14.3 Å². The Labute approximate surface area is 232 Å². The second-order valence-electron chi connectivity index (χ2n) is 8.77. The van der Waals surface area contributed by atoms with E-state index < -0.39 is 5.97 Å². The van der Waals surface area contributed by atoms with Crippen molar-refractivity contribution >= 4 is 61.5 Å². The van der Waals surface area contributed by atoms with Gasteiger partial charge in [0.25, 0.3) is 5.56 Å². The monoisotopic (exact) mass is 565 g/mol. The first kappa shape index (κ1) is 26.4. The highest BCUT2D eigenvalue weighted by Crippen LogP contribution is 2.39. The van der Waals surface area contributed by atoms with Crippen LogP contribution in [0.2, 0.25) is 0 Å². The largest absolute Gasteiger partial charge is 0.462 e. The zero-order valence-electron chi connectivity index (χ0n) is 21.0. The number of thioether (sulfide) groups is 1. The van der Waals surface area contributed by atoms with E-state index in [4.69, 9.17) is 9.72 Å². The van der Waals surface area contributed by atoms with Crippen LogP contribution in [0.25, 0.3) is 20.7 Å². The smallest absolute Gasteiger partial charge is 0.341 e. The number of rotatable bonds is 9. The minimum Gasteiger partial charge on any atom is -0.462 e. The van der Waals surface area contributed by atoms with Gasteiger partial charge in [0.2, 0.25) is 5.91 Å². The summed E-state index contributed by atoms with van der Waals surface area (Å²) in [6, 6.07) is 11.7. The summed E-state index contributed by atoms with van der Waals surface area (Å²) in [4.78, 5) is 46.6. The molecule has 7 nitrogen and oxygen atoms in total. The van der Waals surface area contributed by atoms with Gasteiger partial charge in [-0.05, 0) is 49.8 Å². The van der Waals surface area contributed by atoms with E-state index in [0.717, 1.165) is 46.6 Å². The number of nitrogens with one attached hydrogen (secondary N) is 1. The van der Waals surface area contributed by atoms with Crippen molar-refractivity contribution in [1.82, 2.24) is 9.55 Å². The normalized spacial score (nSPS) is 12.8. The number of hydrogen-bond donors (Lipinski definition) is 1. The highest BCUT2D eigenvalue weighted by atomic mass is 32.2. The van der Waals surface area contributed by atoms with Crippen molar-refractivity contribution in [1.29, 1.82) is 0 Å². The van der Waals surface area contributed by atoms with E-state index in [1.54, 1.807) is 17.6 Å². The fourth-order valence-electron chi connectivity index (χ4n) is 4.51. The third-order valence-corrected chi connectivity index (χ3v) is 9.48. The maximum Gasteiger partial charge on any atom is 0.341 e. The molecule has 0 atom stereocenters. The van der Waals surface area contributed by atoms with Crippen molar-refractivity contribution in [3.63, 3.8) is 0 Å². The number of carbonyl (C=O) groups is 2. The first-order valence-electron chi connectivity index (χ1n) is 12.4.